The van der Waals surface area contributed by atoms with Crippen molar-refractivity contribution in [2.24, 2.45) is 5.92 Å². The highest BCUT2D eigenvalue weighted by atomic mass is 16.3. The zero-order valence-corrected chi connectivity index (χ0v) is 17.4. The van der Waals surface area contributed by atoms with Crippen LogP contribution in [0.2, 0.25) is 0 Å². The third kappa shape index (κ3) is 7.36. The van der Waals surface area contributed by atoms with Crippen LogP contribution in [0.15, 0.2) is 35.6 Å². The average Bonchev–Trinajstić information content (AvgIpc) is 3.22. The van der Waals surface area contributed by atoms with Crippen LogP contribution >= 0.6 is 0 Å². The first-order valence-corrected chi connectivity index (χ1v) is 10.1. The van der Waals surface area contributed by atoms with E-state index in [0.717, 1.165) is 38.1 Å². The predicted octanol–water partition coefficient (Wildman–Crippen LogP) is 0.152. The predicted molar refractivity (Wildman–Crippen MR) is 111 cm³/mol. The number of carbonyl (C=O) groups is 3. The Balaban J connectivity index is 0.00000107. The number of hydrogen-bond acceptors (Lipinski definition) is 6. The minimum absolute atomic E-state index is 0.0305. The molecule has 11 heteroatoms. The van der Waals surface area contributed by atoms with Crippen molar-refractivity contribution >= 4 is 18.3 Å². The van der Waals surface area contributed by atoms with E-state index in [1.54, 1.807) is 18.5 Å². The molecule has 3 N–H and O–H groups in total. The first-order chi connectivity index (χ1) is 15.0. The highest BCUT2D eigenvalue weighted by Gasteiger charge is 2.27. The lowest BCUT2D eigenvalue weighted by atomic mass is 9.85. The maximum Gasteiger partial charge on any atom is 0.347 e. The minimum Gasteiger partial charge on any atom is -0.483 e. The number of amides is 2. The molecule has 0 aromatic carbocycles. The molecule has 11 nitrogen and oxygen atoms in total. The molecule has 1 aliphatic carbocycles. The summed E-state index contributed by atoms with van der Waals surface area (Å²) in [6, 6.07) is 1.65. The molecule has 3 rings (SSSR count). The van der Waals surface area contributed by atoms with Gasteiger partial charge in [-0.15, -0.1) is 0 Å². The zero-order chi connectivity index (χ0) is 22.6. The molecule has 2 amide bonds. The second kappa shape index (κ2) is 12.3. The Morgan fingerprint density at radius 1 is 1.16 bits per heavy atom. The molecule has 0 saturated heterocycles. The lowest BCUT2D eigenvalue weighted by Gasteiger charge is -2.28. The summed E-state index contributed by atoms with van der Waals surface area (Å²) < 4.78 is 3.27. The normalized spacial score (nSPS) is 17.7. The van der Waals surface area contributed by atoms with Crippen LogP contribution in [0.3, 0.4) is 0 Å². The van der Waals surface area contributed by atoms with Crippen molar-refractivity contribution in [3.8, 4) is 0 Å². The molecule has 0 atom stereocenters. The van der Waals surface area contributed by atoms with Crippen LogP contribution in [-0.2, 0) is 34.0 Å². The van der Waals surface area contributed by atoms with E-state index in [1.165, 1.54) is 10.8 Å². The molecule has 31 heavy (non-hydrogen) atoms. The van der Waals surface area contributed by atoms with Crippen LogP contribution in [0.25, 0.3) is 0 Å². The van der Waals surface area contributed by atoms with E-state index in [1.807, 2.05) is 17.7 Å². The fraction of sp³-hybridized carbons (Fsp3) is 0.500. The number of hydrogen-bond donors (Lipinski definition) is 3. The van der Waals surface area contributed by atoms with Crippen molar-refractivity contribution in [1.29, 1.82) is 0 Å². The molecule has 0 aliphatic heterocycles. The van der Waals surface area contributed by atoms with Gasteiger partial charge in [-0.2, -0.15) is 0 Å². The fourth-order valence-electron chi connectivity index (χ4n) is 3.54. The van der Waals surface area contributed by atoms with Gasteiger partial charge in [0.25, 0.3) is 6.47 Å². The maximum atomic E-state index is 12.4. The lowest BCUT2D eigenvalue weighted by Crippen LogP contribution is -2.42. The number of carboxylic acid groups (broad SMARTS) is 1. The standard InChI is InChI=1S/C19H26N6O3.CH2O2/c1-2-24-11-9-20-16(24)12-22-18(27)14-4-6-15(7-5-14)23-17(26)13-25-10-3-8-21-19(25)28;2-1-3/h3,8-11,14-15H,2,4-7,12-13H2,1H3,(H,22,27)(H,23,26);1H,(H,2,3). The molecule has 168 valence electrons. The number of nitrogens with one attached hydrogen (secondary N) is 2. The summed E-state index contributed by atoms with van der Waals surface area (Å²) in [5.74, 6) is 0.633. The van der Waals surface area contributed by atoms with Gasteiger partial charge < -0.3 is 20.3 Å². The quantitative estimate of drug-likeness (QED) is 0.528. The first-order valence-electron chi connectivity index (χ1n) is 10.1. The second-order valence-electron chi connectivity index (χ2n) is 7.10. The summed E-state index contributed by atoms with van der Waals surface area (Å²) in [6.45, 7) is 2.99. The molecular formula is C20H28N6O5. The third-order valence-electron chi connectivity index (χ3n) is 5.12. The summed E-state index contributed by atoms with van der Waals surface area (Å²) in [5.41, 5.74) is -0.443. The molecule has 2 heterocycles. The highest BCUT2D eigenvalue weighted by Crippen LogP contribution is 2.24. The summed E-state index contributed by atoms with van der Waals surface area (Å²) in [7, 11) is 0. The molecule has 0 bridgehead atoms. The van der Waals surface area contributed by atoms with Crippen molar-refractivity contribution in [3.05, 3.63) is 47.2 Å². The SMILES string of the molecule is CCn1ccnc1CNC(=O)C1CCC(NC(=O)Cn2cccnc2=O)CC1.O=CO. The van der Waals surface area contributed by atoms with E-state index in [4.69, 9.17) is 9.90 Å². The Morgan fingerprint density at radius 3 is 2.52 bits per heavy atom. The molecule has 0 spiro atoms. The molecule has 1 fully saturated rings. The summed E-state index contributed by atoms with van der Waals surface area (Å²) in [4.78, 5) is 52.4. The number of aryl methyl sites for hydroxylation is 1. The van der Waals surface area contributed by atoms with Gasteiger partial charge in [-0.05, 0) is 38.7 Å². The molecule has 2 aromatic heterocycles. The Labute approximate surface area is 179 Å². The van der Waals surface area contributed by atoms with Gasteiger partial charge in [0.15, 0.2) is 0 Å². The Hall–Kier alpha value is -3.50. The summed E-state index contributed by atoms with van der Waals surface area (Å²) >= 11 is 0. The van der Waals surface area contributed by atoms with E-state index < -0.39 is 5.69 Å². The molecular weight excluding hydrogens is 404 g/mol. The minimum atomic E-state index is -0.443. The Bertz CT molecular complexity index is 917. The molecule has 0 radical (unpaired) electrons. The Kier molecular flexibility index (Phi) is 9.40. The lowest BCUT2D eigenvalue weighted by molar-refractivity contribution is -0.126. The highest BCUT2D eigenvalue weighted by molar-refractivity contribution is 5.79. The average molecular weight is 432 g/mol. The third-order valence-corrected chi connectivity index (χ3v) is 5.12. The van der Waals surface area contributed by atoms with Gasteiger partial charge in [-0.3, -0.25) is 19.0 Å². The zero-order valence-electron chi connectivity index (χ0n) is 17.4. The van der Waals surface area contributed by atoms with E-state index in [9.17, 15) is 14.4 Å². The maximum absolute atomic E-state index is 12.4. The Morgan fingerprint density at radius 2 is 1.87 bits per heavy atom. The smallest absolute Gasteiger partial charge is 0.347 e. The van der Waals surface area contributed by atoms with Crippen molar-refractivity contribution in [2.45, 2.75) is 58.3 Å². The number of rotatable bonds is 7. The van der Waals surface area contributed by atoms with Crippen molar-refractivity contribution in [1.82, 2.24) is 29.7 Å². The monoisotopic (exact) mass is 432 g/mol. The van der Waals surface area contributed by atoms with Crippen LogP contribution in [-0.4, -0.2) is 48.5 Å². The molecule has 0 unspecified atom stereocenters. The van der Waals surface area contributed by atoms with E-state index >= 15 is 0 Å². The van der Waals surface area contributed by atoms with Gasteiger partial charge in [-0.25, -0.2) is 14.8 Å². The second-order valence-corrected chi connectivity index (χ2v) is 7.10. The number of aromatic nitrogens is 4. The van der Waals surface area contributed by atoms with Gasteiger partial charge in [0, 0.05) is 43.3 Å². The first kappa shape index (κ1) is 23.8. The summed E-state index contributed by atoms with van der Waals surface area (Å²) in [6.07, 6.45) is 9.52. The summed E-state index contributed by atoms with van der Waals surface area (Å²) in [5, 5.41) is 12.8. The van der Waals surface area contributed by atoms with Crippen LogP contribution in [0.4, 0.5) is 0 Å². The number of carbonyl (C=O) groups excluding carboxylic acids is 2. The van der Waals surface area contributed by atoms with E-state index in [2.05, 4.69) is 20.6 Å². The van der Waals surface area contributed by atoms with Crippen LogP contribution in [0, 0.1) is 5.92 Å². The van der Waals surface area contributed by atoms with Crippen molar-refractivity contribution < 1.29 is 19.5 Å². The van der Waals surface area contributed by atoms with Gasteiger partial charge in [0.2, 0.25) is 11.8 Å². The van der Waals surface area contributed by atoms with Gasteiger partial charge in [0.05, 0.1) is 6.54 Å². The number of nitrogens with zero attached hydrogens (tertiary/aromatic N) is 4. The van der Waals surface area contributed by atoms with Crippen LogP contribution in [0.5, 0.6) is 0 Å². The van der Waals surface area contributed by atoms with Crippen LogP contribution in [0.1, 0.15) is 38.4 Å². The topological polar surface area (TPSA) is 148 Å². The van der Waals surface area contributed by atoms with Gasteiger partial charge >= 0.3 is 5.69 Å². The fourth-order valence-corrected chi connectivity index (χ4v) is 3.54. The molecule has 1 saturated carbocycles. The van der Waals surface area contributed by atoms with Gasteiger partial charge in [0.1, 0.15) is 12.4 Å². The number of imidazole rings is 1. The van der Waals surface area contributed by atoms with Crippen LogP contribution < -0.4 is 16.3 Å². The van der Waals surface area contributed by atoms with Crippen molar-refractivity contribution in [3.63, 3.8) is 0 Å². The van der Waals surface area contributed by atoms with Gasteiger partial charge in [-0.1, -0.05) is 0 Å². The van der Waals surface area contributed by atoms with Crippen molar-refractivity contribution in [2.75, 3.05) is 0 Å². The largest absolute Gasteiger partial charge is 0.483 e. The molecule has 2 aromatic rings. The van der Waals surface area contributed by atoms with E-state index in [0.29, 0.717) is 6.54 Å². The van der Waals surface area contributed by atoms with E-state index in [-0.39, 0.29) is 36.8 Å². The molecule has 1 aliphatic rings.